The third-order valence-electron chi connectivity index (χ3n) is 2.35. The SMILES string of the molecule is O=C(O)CCOc1ccc(Oc2ncccc2F)cc1. The molecule has 0 fully saturated rings. The van der Waals surface area contributed by atoms with Crippen molar-refractivity contribution < 1.29 is 23.8 Å². The van der Waals surface area contributed by atoms with Crippen molar-refractivity contribution in [1.82, 2.24) is 4.98 Å². The quantitative estimate of drug-likeness (QED) is 0.879. The molecule has 6 heteroatoms. The second kappa shape index (κ2) is 6.51. The molecule has 0 unspecified atom stereocenters. The number of aliphatic carboxylic acids is 1. The highest BCUT2D eigenvalue weighted by Crippen LogP contribution is 2.24. The van der Waals surface area contributed by atoms with Crippen LogP contribution in [0, 0.1) is 5.82 Å². The Morgan fingerprint density at radius 1 is 1.20 bits per heavy atom. The summed E-state index contributed by atoms with van der Waals surface area (Å²) >= 11 is 0. The molecule has 1 heterocycles. The summed E-state index contributed by atoms with van der Waals surface area (Å²) in [4.78, 5) is 14.1. The van der Waals surface area contributed by atoms with Gasteiger partial charge in [-0.15, -0.1) is 0 Å². The Bertz CT molecular complexity index is 586. The normalized spacial score (nSPS) is 10.1. The Morgan fingerprint density at radius 2 is 1.90 bits per heavy atom. The molecule has 0 bridgehead atoms. The summed E-state index contributed by atoms with van der Waals surface area (Å²) in [6.45, 7) is 0.0877. The highest BCUT2D eigenvalue weighted by atomic mass is 19.1. The number of carboxylic acids is 1. The molecule has 0 radical (unpaired) electrons. The molecule has 1 aromatic carbocycles. The predicted molar refractivity (Wildman–Crippen MR) is 68.5 cm³/mol. The van der Waals surface area contributed by atoms with Crippen LogP contribution in [0.15, 0.2) is 42.6 Å². The summed E-state index contributed by atoms with van der Waals surface area (Å²) in [5.41, 5.74) is 0. The van der Waals surface area contributed by atoms with Gasteiger partial charge in [0.05, 0.1) is 13.0 Å². The molecule has 0 saturated heterocycles. The second-order valence-electron chi connectivity index (χ2n) is 3.86. The zero-order chi connectivity index (χ0) is 14.4. The molecule has 1 aromatic heterocycles. The number of ether oxygens (including phenoxy) is 2. The van der Waals surface area contributed by atoms with Crippen LogP contribution in [-0.2, 0) is 4.79 Å². The van der Waals surface area contributed by atoms with E-state index in [4.69, 9.17) is 14.6 Å². The lowest BCUT2D eigenvalue weighted by Gasteiger charge is -2.07. The first-order valence-electron chi connectivity index (χ1n) is 5.88. The fourth-order valence-corrected chi connectivity index (χ4v) is 1.42. The van der Waals surface area contributed by atoms with E-state index in [1.807, 2.05) is 0 Å². The van der Waals surface area contributed by atoms with Crippen LogP contribution in [0.1, 0.15) is 6.42 Å². The molecule has 0 aliphatic rings. The summed E-state index contributed by atoms with van der Waals surface area (Å²) < 4.78 is 23.8. The van der Waals surface area contributed by atoms with Gasteiger partial charge in [0.2, 0.25) is 0 Å². The van der Waals surface area contributed by atoms with E-state index in [0.29, 0.717) is 11.5 Å². The van der Waals surface area contributed by atoms with E-state index in [9.17, 15) is 9.18 Å². The Kier molecular flexibility index (Phi) is 4.49. The summed E-state index contributed by atoms with van der Waals surface area (Å²) in [6, 6.07) is 9.12. The Labute approximate surface area is 114 Å². The number of hydrogen-bond donors (Lipinski definition) is 1. The minimum atomic E-state index is -0.921. The average molecular weight is 277 g/mol. The van der Waals surface area contributed by atoms with Crippen LogP contribution in [-0.4, -0.2) is 22.7 Å². The number of carboxylic acid groups (broad SMARTS) is 1. The maximum Gasteiger partial charge on any atom is 0.306 e. The van der Waals surface area contributed by atoms with Crippen molar-refractivity contribution in [2.75, 3.05) is 6.61 Å². The molecule has 1 N–H and O–H groups in total. The van der Waals surface area contributed by atoms with Gasteiger partial charge in [-0.05, 0) is 36.4 Å². The lowest BCUT2D eigenvalue weighted by atomic mass is 10.3. The van der Waals surface area contributed by atoms with Gasteiger partial charge in [-0.1, -0.05) is 0 Å². The van der Waals surface area contributed by atoms with Crippen molar-refractivity contribution in [2.24, 2.45) is 0 Å². The largest absolute Gasteiger partial charge is 0.493 e. The molecule has 0 amide bonds. The predicted octanol–water partition coefficient (Wildman–Crippen LogP) is 2.87. The lowest BCUT2D eigenvalue weighted by molar-refractivity contribution is -0.137. The lowest BCUT2D eigenvalue weighted by Crippen LogP contribution is -2.04. The van der Waals surface area contributed by atoms with Gasteiger partial charge in [0.1, 0.15) is 11.5 Å². The van der Waals surface area contributed by atoms with Gasteiger partial charge in [0.25, 0.3) is 5.88 Å². The van der Waals surface area contributed by atoms with Crippen molar-refractivity contribution in [3.05, 3.63) is 48.4 Å². The molecule has 0 saturated carbocycles. The van der Waals surface area contributed by atoms with Crippen LogP contribution in [0.2, 0.25) is 0 Å². The number of rotatable bonds is 6. The maximum atomic E-state index is 13.3. The summed E-state index contributed by atoms with van der Waals surface area (Å²) in [5, 5.41) is 8.48. The van der Waals surface area contributed by atoms with Gasteiger partial charge in [0, 0.05) is 6.20 Å². The molecule has 20 heavy (non-hydrogen) atoms. The van der Waals surface area contributed by atoms with E-state index in [1.54, 1.807) is 24.3 Å². The molecule has 2 rings (SSSR count). The smallest absolute Gasteiger partial charge is 0.306 e. The Balaban J connectivity index is 1.95. The van der Waals surface area contributed by atoms with Crippen LogP contribution < -0.4 is 9.47 Å². The fraction of sp³-hybridized carbons (Fsp3) is 0.143. The van der Waals surface area contributed by atoms with Gasteiger partial charge < -0.3 is 14.6 Å². The fourth-order valence-electron chi connectivity index (χ4n) is 1.42. The molecule has 0 atom stereocenters. The number of carbonyl (C=O) groups is 1. The van der Waals surface area contributed by atoms with Crippen LogP contribution in [0.4, 0.5) is 4.39 Å². The van der Waals surface area contributed by atoms with E-state index in [2.05, 4.69) is 4.98 Å². The van der Waals surface area contributed by atoms with E-state index < -0.39 is 11.8 Å². The van der Waals surface area contributed by atoms with Crippen molar-refractivity contribution in [2.45, 2.75) is 6.42 Å². The van der Waals surface area contributed by atoms with Gasteiger partial charge >= 0.3 is 5.97 Å². The van der Waals surface area contributed by atoms with Crippen molar-refractivity contribution in [1.29, 1.82) is 0 Å². The molecule has 5 nitrogen and oxygen atoms in total. The minimum absolute atomic E-state index is 0.0720. The van der Waals surface area contributed by atoms with E-state index in [0.717, 1.165) is 0 Å². The molecule has 0 spiro atoms. The summed E-state index contributed by atoms with van der Waals surface area (Å²) in [5.74, 6) is -0.648. The first-order valence-corrected chi connectivity index (χ1v) is 5.88. The molecule has 0 aliphatic heterocycles. The van der Waals surface area contributed by atoms with Crippen LogP contribution in [0.5, 0.6) is 17.4 Å². The van der Waals surface area contributed by atoms with Crippen molar-refractivity contribution >= 4 is 5.97 Å². The highest BCUT2D eigenvalue weighted by Gasteiger charge is 2.05. The topological polar surface area (TPSA) is 68.7 Å². The molecular weight excluding hydrogens is 265 g/mol. The number of nitrogens with zero attached hydrogens (tertiary/aromatic N) is 1. The molecule has 2 aromatic rings. The Hall–Kier alpha value is -2.63. The highest BCUT2D eigenvalue weighted by molar-refractivity contribution is 5.66. The van der Waals surface area contributed by atoms with Crippen molar-refractivity contribution in [3.63, 3.8) is 0 Å². The second-order valence-corrected chi connectivity index (χ2v) is 3.86. The van der Waals surface area contributed by atoms with Crippen LogP contribution >= 0.6 is 0 Å². The monoisotopic (exact) mass is 277 g/mol. The first kappa shape index (κ1) is 13.8. The maximum absolute atomic E-state index is 13.3. The summed E-state index contributed by atoms with van der Waals surface area (Å²) in [6.07, 6.45) is 1.36. The zero-order valence-corrected chi connectivity index (χ0v) is 10.5. The minimum Gasteiger partial charge on any atom is -0.493 e. The standard InChI is InChI=1S/C14H12FNO4/c15-12-2-1-8-16-14(12)20-11-5-3-10(4-6-11)19-9-7-13(17)18/h1-6,8H,7,9H2,(H,17,18). The average Bonchev–Trinajstić information content (AvgIpc) is 2.43. The third kappa shape index (κ3) is 3.94. The van der Waals surface area contributed by atoms with Gasteiger partial charge in [-0.3, -0.25) is 4.79 Å². The zero-order valence-electron chi connectivity index (χ0n) is 10.5. The molecular formula is C14H12FNO4. The first-order chi connectivity index (χ1) is 9.65. The molecule has 0 aliphatic carbocycles. The third-order valence-corrected chi connectivity index (χ3v) is 2.35. The molecule has 104 valence electrons. The number of aromatic nitrogens is 1. The van der Waals surface area contributed by atoms with Crippen LogP contribution in [0.3, 0.4) is 0 Å². The van der Waals surface area contributed by atoms with E-state index in [1.165, 1.54) is 18.3 Å². The number of benzene rings is 1. The van der Waals surface area contributed by atoms with Crippen molar-refractivity contribution in [3.8, 4) is 17.4 Å². The van der Waals surface area contributed by atoms with E-state index in [-0.39, 0.29) is 18.9 Å². The van der Waals surface area contributed by atoms with Gasteiger partial charge in [-0.25, -0.2) is 9.37 Å². The number of pyridine rings is 1. The Morgan fingerprint density at radius 3 is 2.55 bits per heavy atom. The summed E-state index contributed by atoms with van der Waals surface area (Å²) in [7, 11) is 0. The van der Waals surface area contributed by atoms with Gasteiger partial charge in [-0.2, -0.15) is 0 Å². The van der Waals surface area contributed by atoms with E-state index >= 15 is 0 Å². The van der Waals surface area contributed by atoms with Gasteiger partial charge in [0.15, 0.2) is 5.82 Å². The number of halogens is 1. The number of hydrogen-bond acceptors (Lipinski definition) is 4. The van der Waals surface area contributed by atoms with Crippen LogP contribution in [0.25, 0.3) is 0 Å².